The molecule has 0 aliphatic heterocycles. The second-order valence-electron chi connectivity index (χ2n) is 4.91. The summed E-state index contributed by atoms with van der Waals surface area (Å²) in [4.78, 5) is 16.9. The van der Waals surface area contributed by atoms with Crippen LogP contribution in [0.4, 0.5) is 5.13 Å². The van der Waals surface area contributed by atoms with Crippen molar-refractivity contribution in [1.82, 2.24) is 10.3 Å². The van der Waals surface area contributed by atoms with Crippen LogP contribution >= 0.6 is 11.3 Å². The maximum atomic E-state index is 12.3. The predicted octanol–water partition coefficient (Wildman–Crippen LogP) is 2.84. The minimum Gasteiger partial charge on any atom is -0.496 e. The van der Waals surface area contributed by atoms with Gasteiger partial charge in [0.2, 0.25) is 0 Å². The quantitative estimate of drug-likeness (QED) is 0.910. The largest absolute Gasteiger partial charge is 0.496 e. The van der Waals surface area contributed by atoms with Crippen LogP contribution in [0.3, 0.4) is 0 Å². The molecule has 1 unspecified atom stereocenters. The van der Waals surface area contributed by atoms with Gasteiger partial charge in [0.15, 0.2) is 5.13 Å². The van der Waals surface area contributed by atoms with Crippen molar-refractivity contribution in [2.24, 2.45) is 0 Å². The normalized spacial score (nSPS) is 12.0. The van der Waals surface area contributed by atoms with Gasteiger partial charge >= 0.3 is 0 Å². The third-order valence-electron chi connectivity index (χ3n) is 3.22. The Morgan fingerprint density at radius 3 is 2.71 bits per heavy atom. The third kappa shape index (κ3) is 3.33. The first-order valence-corrected chi connectivity index (χ1v) is 7.42. The van der Waals surface area contributed by atoms with Crippen LogP contribution in [0.15, 0.2) is 18.2 Å². The lowest BCUT2D eigenvalue weighted by Gasteiger charge is -2.17. The number of ether oxygens (including phenoxy) is 1. The van der Waals surface area contributed by atoms with Gasteiger partial charge in [-0.05, 0) is 26.8 Å². The number of nitrogens with two attached hydrogens (primary N) is 1. The van der Waals surface area contributed by atoms with Crippen molar-refractivity contribution in [3.05, 3.63) is 39.9 Å². The second-order valence-corrected chi connectivity index (χ2v) is 5.94. The summed E-state index contributed by atoms with van der Waals surface area (Å²) in [5, 5.41) is 3.37. The summed E-state index contributed by atoms with van der Waals surface area (Å²) in [6, 6.07) is 5.72. The zero-order chi connectivity index (χ0) is 15.6. The number of thiazole rings is 1. The Morgan fingerprint density at radius 2 is 2.14 bits per heavy atom. The minimum atomic E-state index is -0.171. The number of carbonyl (C=O) groups is 1. The Balaban J connectivity index is 2.21. The van der Waals surface area contributed by atoms with E-state index < -0.39 is 0 Å². The minimum absolute atomic E-state index is 0.169. The molecule has 0 bridgehead atoms. The van der Waals surface area contributed by atoms with E-state index in [1.807, 2.05) is 32.0 Å². The van der Waals surface area contributed by atoms with Crippen LogP contribution in [0.2, 0.25) is 0 Å². The zero-order valence-corrected chi connectivity index (χ0v) is 13.4. The number of nitrogens with one attached hydrogen (secondary N) is 1. The topological polar surface area (TPSA) is 77.2 Å². The molecule has 0 saturated heterocycles. The predicted molar refractivity (Wildman–Crippen MR) is 84.9 cm³/mol. The van der Waals surface area contributed by atoms with Gasteiger partial charge in [-0.25, -0.2) is 4.98 Å². The van der Waals surface area contributed by atoms with Gasteiger partial charge in [0, 0.05) is 5.56 Å². The SMILES string of the molecule is COc1ccc(C)cc1C(C)NC(=O)c1sc(N)nc1C. The van der Waals surface area contributed by atoms with Gasteiger partial charge in [-0.3, -0.25) is 4.79 Å². The van der Waals surface area contributed by atoms with Crippen LogP contribution in [0.25, 0.3) is 0 Å². The van der Waals surface area contributed by atoms with Gasteiger partial charge < -0.3 is 15.8 Å². The fourth-order valence-electron chi connectivity index (χ4n) is 2.16. The average Bonchev–Trinajstić information content (AvgIpc) is 2.77. The Morgan fingerprint density at radius 1 is 1.43 bits per heavy atom. The molecule has 2 aromatic rings. The number of hydrogen-bond acceptors (Lipinski definition) is 5. The molecule has 1 aromatic carbocycles. The Labute approximate surface area is 128 Å². The number of amides is 1. The molecular formula is C15H19N3O2S. The first-order chi connectivity index (χ1) is 9.92. The van der Waals surface area contributed by atoms with E-state index in [4.69, 9.17) is 10.5 Å². The third-order valence-corrected chi connectivity index (χ3v) is 4.20. The number of benzene rings is 1. The maximum absolute atomic E-state index is 12.3. The highest BCUT2D eigenvalue weighted by molar-refractivity contribution is 7.17. The van der Waals surface area contributed by atoms with Gasteiger partial charge in [0.1, 0.15) is 10.6 Å². The van der Waals surface area contributed by atoms with Gasteiger partial charge in [0.25, 0.3) is 5.91 Å². The smallest absolute Gasteiger partial charge is 0.263 e. The van der Waals surface area contributed by atoms with Crippen molar-refractivity contribution in [2.45, 2.75) is 26.8 Å². The number of nitrogen functional groups attached to an aromatic ring is 1. The molecule has 1 atom stereocenters. The van der Waals surface area contributed by atoms with Crippen molar-refractivity contribution < 1.29 is 9.53 Å². The van der Waals surface area contributed by atoms with Crippen molar-refractivity contribution in [3.8, 4) is 5.75 Å². The van der Waals surface area contributed by atoms with E-state index in [9.17, 15) is 4.79 Å². The first-order valence-electron chi connectivity index (χ1n) is 6.60. The highest BCUT2D eigenvalue weighted by atomic mass is 32.1. The molecule has 3 N–H and O–H groups in total. The van der Waals surface area contributed by atoms with Crippen molar-refractivity contribution in [2.75, 3.05) is 12.8 Å². The Bertz CT molecular complexity index is 667. The van der Waals surface area contributed by atoms with Crippen LogP contribution in [0.5, 0.6) is 5.75 Å². The standard InChI is InChI=1S/C15H19N3O2S/c1-8-5-6-12(20-4)11(7-8)9(2)17-14(19)13-10(3)18-15(16)21-13/h5-7,9H,1-4H3,(H2,16,18)(H,17,19). The molecule has 0 fully saturated rings. The highest BCUT2D eigenvalue weighted by Crippen LogP contribution is 2.27. The number of hydrogen-bond donors (Lipinski definition) is 2. The fourth-order valence-corrected chi connectivity index (χ4v) is 2.90. The summed E-state index contributed by atoms with van der Waals surface area (Å²) >= 11 is 1.20. The van der Waals surface area contributed by atoms with Crippen LogP contribution in [-0.2, 0) is 0 Å². The molecule has 5 nitrogen and oxygen atoms in total. The molecule has 1 aromatic heterocycles. The molecule has 1 amide bonds. The lowest BCUT2D eigenvalue weighted by molar-refractivity contribution is 0.0943. The number of rotatable bonds is 4. The van der Waals surface area contributed by atoms with Crippen LogP contribution in [-0.4, -0.2) is 18.0 Å². The molecule has 0 aliphatic carbocycles. The summed E-state index contributed by atoms with van der Waals surface area (Å²) in [6.07, 6.45) is 0. The number of carbonyl (C=O) groups excluding carboxylic acids is 1. The Hall–Kier alpha value is -2.08. The van der Waals surface area contributed by atoms with Crippen LogP contribution in [0, 0.1) is 13.8 Å². The van der Waals surface area contributed by atoms with E-state index in [0.717, 1.165) is 16.9 Å². The molecule has 112 valence electrons. The van der Waals surface area contributed by atoms with Crippen LogP contribution < -0.4 is 15.8 Å². The van der Waals surface area contributed by atoms with E-state index in [-0.39, 0.29) is 11.9 Å². The van der Waals surface area contributed by atoms with Crippen molar-refractivity contribution in [3.63, 3.8) is 0 Å². The summed E-state index contributed by atoms with van der Waals surface area (Å²) in [5.74, 6) is 0.590. The molecule has 0 saturated carbocycles. The summed E-state index contributed by atoms with van der Waals surface area (Å²) in [5.41, 5.74) is 8.34. The van der Waals surface area contributed by atoms with E-state index in [0.29, 0.717) is 15.7 Å². The molecule has 2 rings (SSSR count). The molecular weight excluding hydrogens is 286 g/mol. The van der Waals surface area contributed by atoms with Crippen molar-refractivity contribution in [1.29, 1.82) is 0 Å². The van der Waals surface area contributed by atoms with Gasteiger partial charge in [-0.2, -0.15) is 0 Å². The van der Waals surface area contributed by atoms with E-state index in [2.05, 4.69) is 10.3 Å². The number of anilines is 1. The number of aryl methyl sites for hydroxylation is 2. The molecule has 6 heteroatoms. The second kappa shape index (κ2) is 6.13. The maximum Gasteiger partial charge on any atom is 0.263 e. The monoisotopic (exact) mass is 305 g/mol. The lowest BCUT2D eigenvalue weighted by Crippen LogP contribution is -2.26. The summed E-state index contributed by atoms with van der Waals surface area (Å²) in [6.45, 7) is 5.71. The first kappa shape index (κ1) is 15.3. The molecule has 1 heterocycles. The molecule has 0 aliphatic rings. The lowest BCUT2D eigenvalue weighted by atomic mass is 10.0. The molecule has 0 spiro atoms. The summed E-state index contributed by atoms with van der Waals surface area (Å²) in [7, 11) is 1.62. The Kier molecular flexibility index (Phi) is 4.47. The van der Waals surface area contributed by atoms with E-state index >= 15 is 0 Å². The molecule has 21 heavy (non-hydrogen) atoms. The number of aromatic nitrogens is 1. The molecule has 0 radical (unpaired) electrons. The van der Waals surface area contributed by atoms with Gasteiger partial charge in [-0.15, -0.1) is 0 Å². The van der Waals surface area contributed by atoms with E-state index in [1.54, 1.807) is 14.0 Å². The zero-order valence-electron chi connectivity index (χ0n) is 12.6. The summed E-state index contributed by atoms with van der Waals surface area (Å²) < 4.78 is 5.36. The van der Waals surface area contributed by atoms with Crippen LogP contribution in [0.1, 0.15) is 39.5 Å². The highest BCUT2D eigenvalue weighted by Gasteiger charge is 2.19. The van der Waals surface area contributed by atoms with Gasteiger partial charge in [-0.1, -0.05) is 29.0 Å². The fraction of sp³-hybridized carbons (Fsp3) is 0.333. The van der Waals surface area contributed by atoms with Gasteiger partial charge in [0.05, 0.1) is 18.8 Å². The van der Waals surface area contributed by atoms with Crippen molar-refractivity contribution >= 4 is 22.4 Å². The van der Waals surface area contributed by atoms with E-state index in [1.165, 1.54) is 11.3 Å². The number of methoxy groups -OCH3 is 1. The average molecular weight is 305 g/mol. The number of nitrogens with zero attached hydrogens (tertiary/aromatic N) is 1.